The number of halogens is 1. The summed E-state index contributed by atoms with van der Waals surface area (Å²) in [6, 6.07) is 14.6. The Balaban J connectivity index is 2.12. The van der Waals surface area contributed by atoms with Gasteiger partial charge in [0.05, 0.1) is 5.02 Å². The molecule has 19 heavy (non-hydrogen) atoms. The molecule has 0 amide bonds. The van der Waals surface area contributed by atoms with E-state index in [0.29, 0.717) is 16.3 Å². The van der Waals surface area contributed by atoms with E-state index in [4.69, 9.17) is 16.0 Å². The lowest BCUT2D eigenvalue weighted by Crippen LogP contribution is -1.99. The number of carbonyl (C=O) groups excluding carboxylic acids is 1. The fourth-order valence-electron chi connectivity index (χ4n) is 2.10. The Bertz CT molecular complexity index is 771. The third-order valence-electron chi connectivity index (χ3n) is 3.08. The number of hydrogen-bond acceptors (Lipinski definition) is 2. The number of fused-ring (bicyclic) bond motifs is 1. The maximum absolute atomic E-state index is 12.4. The Hall–Kier alpha value is -2.06. The van der Waals surface area contributed by atoms with Crippen molar-refractivity contribution in [2.45, 2.75) is 6.92 Å². The van der Waals surface area contributed by atoms with E-state index in [2.05, 4.69) is 0 Å². The van der Waals surface area contributed by atoms with Crippen LogP contribution in [-0.4, -0.2) is 5.78 Å². The second kappa shape index (κ2) is 4.56. The predicted octanol–water partition coefficient (Wildman–Crippen LogP) is 4.63. The lowest BCUT2D eigenvalue weighted by atomic mass is 10.1. The summed E-state index contributed by atoms with van der Waals surface area (Å²) in [5.74, 6) is 0.124. The topological polar surface area (TPSA) is 30.2 Å². The summed E-state index contributed by atoms with van der Waals surface area (Å²) >= 11 is 6.04. The summed E-state index contributed by atoms with van der Waals surface area (Å²) in [5, 5.41) is 1.36. The normalized spacial score (nSPS) is 10.8. The van der Waals surface area contributed by atoms with Gasteiger partial charge in [0.2, 0.25) is 5.78 Å². The van der Waals surface area contributed by atoms with E-state index in [1.165, 1.54) is 0 Å². The quantitative estimate of drug-likeness (QED) is 0.636. The number of furan rings is 1. The van der Waals surface area contributed by atoms with Crippen LogP contribution in [0.3, 0.4) is 0 Å². The molecule has 0 unspecified atom stereocenters. The minimum atomic E-state index is -0.193. The van der Waals surface area contributed by atoms with Crippen LogP contribution in [0.2, 0.25) is 5.02 Å². The molecule has 3 rings (SSSR count). The van der Waals surface area contributed by atoms with Gasteiger partial charge >= 0.3 is 0 Å². The number of aryl methyl sites for hydroxylation is 1. The minimum absolute atomic E-state index is 0.193. The van der Waals surface area contributed by atoms with Crippen molar-refractivity contribution in [1.82, 2.24) is 0 Å². The van der Waals surface area contributed by atoms with E-state index in [-0.39, 0.29) is 5.78 Å². The molecular weight excluding hydrogens is 260 g/mol. The molecule has 3 aromatic rings. The predicted molar refractivity (Wildman–Crippen MR) is 75.8 cm³/mol. The van der Waals surface area contributed by atoms with Crippen LogP contribution in [0.15, 0.2) is 52.9 Å². The Labute approximate surface area is 115 Å². The van der Waals surface area contributed by atoms with Crippen LogP contribution in [0.4, 0.5) is 0 Å². The Morgan fingerprint density at radius 1 is 1.11 bits per heavy atom. The molecule has 2 nitrogen and oxygen atoms in total. The Morgan fingerprint density at radius 3 is 2.63 bits per heavy atom. The summed E-state index contributed by atoms with van der Waals surface area (Å²) in [4.78, 5) is 12.4. The number of carbonyl (C=O) groups is 1. The van der Waals surface area contributed by atoms with Crippen molar-refractivity contribution < 1.29 is 9.21 Å². The van der Waals surface area contributed by atoms with Gasteiger partial charge in [0.15, 0.2) is 5.76 Å². The smallest absolute Gasteiger partial charge is 0.229 e. The molecule has 0 aliphatic heterocycles. The van der Waals surface area contributed by atoms with Gasteiger partial charge in [-0.15, -0.1) is 0 Å². The zero-order valence-corrected chi connectivity index (χ0v) is 11.1. The summed E-state index contributed by atoms with van der Waals surface area (Å²) in [6.07, 6.45) is 0. The molecule has 0 saturated carbocycles. The molecule has 0 saturated heterocycles. The van der Waals surface area contributed by atoms with Gasteiger partial charge < -0.3 is 4.42 Å². The average Bonchev–Trinajstić information content (AvgIpc) is 2.84. The second-order valence-electron chi connectivity index (χ2n) is 4.41. The number of benzene rings is 2. The molecule has 94 valence electrons. The summed E-state index contributed by atoms with van der Waals surface area (Å²) < 4.78 is 5.66. The first-order valence-corrected chi connectivity index (χ1v) is 6.33. The van der Waals surface area contributed by atoms with Gasteiger partial charge in [-0.05, 0) is 30.7 Å². The lowest BCUT2D eigenvalue weighted by molar-refractivity contribution is 0.101. The Morgan fingerprint density at radius 2 is 1.89 bits per heavy atom. The van der Waals surface area contributed by atoms with E-state index < -0.39 is 0 Å². The fourth-order valence-corrected chi connectivity index (χ4v) is 2.32. The van der Waals surface area contributed by atoms with Crippen molar-refractivity contribution in [3.05, 3.63) is 70.4 Å². The number of para-hydroxylation sites is 1. The van der Waals surface area contributed by atoms with Crippen molar-refractivity contribution in [3.63, 3.8) is 0 Å². The second-order valence-corrected chi connectivity index (χ2v) is 4.82. The molecule has 0 aliphatic rings. The highest BCUT2D eigenvalue weighted by Crippen LogP contribution is 2.26. The SMILES string of the molecule is Cc1cccc2cc(C(=O)c3ccccc3Cl)oc12. The van der Waals surface area contributed by atoms with Gasteiger partial charge in [-0.2, -0.15) is 0 Å². The molecule has 0 fully saturated rings. The van der Waals surface area contributed by atoms with Crippen LogP contribution in [0.1, 0.15) is 21.7 Å². The van der Waals surface area contributed by atoms with Gasteiger partial charge in [0.25, 0.3) is 0 Å². The molecule has 0 atom stereocenters. The van der Waals surface area contributed by atoms with Gasteiger partial charge in [-0.25, -0.2) is 0 Å². The fraction of sp³-hybridized carbons (Fsp3) is 0.0625. The molecule has 2 aromatic carbocycles. The van der Waals surface area contributed by atoms with Crippen molar-refractivity contribution in [2.24, 2.45) is 0 Å². The molecule has 0 N–H and O–H groups in total. The van der Waals surface area contributed by atoms with Gasteiger partial charge in [0.1, 0.15) is 5.58 Å². The third kappa shape index (κ3) is 2.04. The van der Waals surface area contributed by atoms with E-state index in [9.17, 15) is 4.79 Å². The molecule has 1 heterocycles. The highest BCUT2D eigenvalue weighted by Gasteiger charge is 2.17. The molecule has 0 radical (unpaired) electrons. The van der Waals surface area contributed by atoms with E-state index in [1.54, 1.807) is 30.3 Å². The van der Waals surface area contributed by atoms with Crippen LogP contribution in [0.5, 0.6) is 0 Å². The monoisotopic (exact) mass is 270 g/mol. The number of hydrogen-bond donors (Lipinski definition) is 0. The number of rotatable bonds is 2. The highest BCUT2D eigenvalue weighted by molar-refractivity contribution is 6.34. The Kier molecular flexibility index (Phi) is 2.88. The van der Waals surface area contributed by atoms with Crippen LogP contribution in [0.25, 0.3) is 11.0 Å². The summed E-state index contributed by atoms with van der Waals surface area (Å²) in [7, 11) is 0. The van der Waals surface area contributed by atoms with Gasteiger partial charge in [0, 0.05) is 10.9 Å². The van der Waals surface area contributed by atoms with Crippen molar-refractivity contribution in [3.8, 4) is 0 Å². The molecule has 0 bridgehead atoms. The van der Waals surface area contributed by atoms with Crippen molar-refractivity contribution >= 4 is 28.4 Å². The maximum Gasteiger partial charge on any atom is 0.229 e. The van der Waals surface area contributed by atoms with Crippen LogP contribution < -0.4 is 0 Å². The first-order valence-electron chi connectivity index (χ1n) is 5.95. The van der Waals surface area contributed by atoms with Crippen LogP contribution in [0, 0.1) is 6.92 Å². The standard InChI is InChI=1S/C16H11ClO2/c1-10-5-4-6-11-9-14(19-16(10)11)15(18)12-7-2-3-8-13(12)17/h2-9H,1H3. The summed E-state index contributed by atoms with van der Waals surface area (Å²) in [6.45, 7) is 1.95. The molecule has 3 heteroatoms. The first-order chi connectivity index (χ1) is 9.16. The molecule has 0 spiro atoms. The van der Waals surface area contributed by atoms with Crippen LogP contribution >= 0.6 is 11.6 Å². The van der Waals surface area contributed by atoms with Gasteiger partial charge in [-0.1, -0.05) is 41.9 Å². The maximum atomic E-state index is 12.4. The van der Waals surface area contributed by atoms with E-state index >= 15 is 0 Å². The zero-order chi connectivity index (χ0) is 13.4. The third-order valence-corrected chi connectivity index (χ3v) is 3.41. The average molecular weight is 271 g/mol. The zero-order valence-electron chi connectivity index (χ0n) is 10.3. The van der Waals surface area contributed by atoms with Crippen molar-refractivity contribution in [1.29, 1.82) is 0 Å². The molecule has 0 aliphatic carbocycles. The molecular formula is C16H11ClO2. The van der Waals surface area contributed by atoms with Crippen molar-refractivity contribution in [2.75, 3.05) is 0 Å². The van der Waals surface area contributed by atoms with Gasteiger partial charge in [-0.3, -0.25) is 4.79 Å². The highest BCUT2D eigenvalue weighted by atomic mass is 35.5. The number of ketones is 1. The van der Waals surface area contributed by atoms with Crippen LogP contribution in [-0.2, 0) is 0 Å². The summed E-state index contributed by atoms with van der Waals surface area (Å²) in [5.41, 5.74) is 2.22. The van der Waals surface area contributed by atoms with E-state index in [1.807, 2.05) is 25.1 Å². The van der Waals surface area contributed by atoms with E-state index in [0.717, 1.165) is 16.5 Å². The largest absolute Gasteiger partial charge is 0.452 e. The molecule has 1 aromatic heterocycles. The lowest BCUT2D eigenvalue weighted by Gasteiger charge is -1.99. The minimum Gasteiger partial charge on any atom is -0.452 e. The first kappa shape index (κ1) is 12.0.